The molecule has 0 radical (unpaired) electrons. The van der Waals surface area contributed by atoms with Crippen molar-refractivity contribution in [1.82, 2.24) is 9.97 Å². The van der Waals surface area contributed by atoms with E-state index in [1.807, 2.05) is 13.0 Å². The number of aromatic nitrogens is 2. The summed E-state index contributed by atoms with van der Waals surface area (Å²) in [6.45, 7) is 10.0. The van der Waals surface area contributed by atoms with E-state index < -0.39 is 0 Å². The fourth-order valence-corrected chi connectivity index (χ4v) is 2.97. The number of anilines is 2. The average molecular weight is 361 g/mol. The van der Waals surface area contributed by atoms with E-state index in [9.17, 15) is 0 Å². The summed E-state index contributed by atoms with van der Waals surface area (Å²) >= 11 is 0. The van der Waals surface area contributed by atoms with Crippen molar-refractivity contribution in [3.8, 4) is 0 Å². The van der Waals surface area contributed by atoms with Crippen LogP contribution in [-0.2, 0) is 13.1 Å². The standard InChI is InChI=1S/C23H28N4/c1-17(2)27(16-21-8-6-5-7-9-21)22-14-19(4)25-23(26-22)24-15-20-12-10-18(3)11-13-20/h5-14,17H,15-16H2,1-4H3,(H,24,25,26). The zero-order valence-electron chi connectivity index (χ0n) is 16.6. The van der Waals surface area contributed by atoms with Crippen LogP contribution in [0.15, 0.2) is 60.7 Å². The third kappa shape index (κ3) is 5.30. The molecule has 0 aliphatic heterocycles. The highest BCUT2D eigenvalue weighted by atomic mass is 15.2. The summed E-state index contributed by atoms with van der Waals surface area (Å²) in [5.74, 6) is 1.62. The van der Waals surface area contributed by atoms with Crippen molar-refractivity contribution < 1.29 is 0 Å². The van der Waals surface area contributed by atoms with Crippen LogP contribution in [0, 0.1) is 13.8 Å². The first-order valence-electron chi connectivity index (χ1n) is 9.47. The van der Waals surface area contributed by atoms with Gasteiger partial charge in [0.1, 0.15) is 5.82 Å². The number of hydrogen-bond donors (Lipinski definition) is 1. The number of nitrogens with zero attached hydrogens (tertiary/aromatic N) is 3. The Hall–Kier alpha value is -2.88. The molecule has 3 aromatic rings. The van der Waals surface area contributed by atoms with E-state index in [1.54, 1.807) is 0 Å². The predicted molar refractivity (Wildman–Crippen MR) is 113 cm³/mol. The average Bonchev–Trinajstić information content (AvgIpc) is 2.66. The van der Waals surface area contributed by atoms with Gasteiger partial charge in [-0.1, -0.05) is 60.2 Å². The Labute approximate surface area is 162 Å². The van der Waals surface area contributed by atoms with Crippen molar-refractivity contribution >= 4 is 11.8 Å². The Morgan fingerprint density at radius 3 is 2.26 bits per heavy atom. The van der Waals surface area contributed by atoms with Gasteiger partial charge in [-0.2, -0.15) is 4.98 Å². The summed E-state index contributed by atoms with van der Waals surface area (Å²) in [5.41, 5.74) is 4.72. The lowest BCUT2D eigenvalue weighted by Gasteiger charge is -2.28. The van der Waals surface area contributed by atoms with Crippen LogP contribution in [0.4, 0.5) is 11.8 Å². The minimum atomic E-state index is 0.337. The van der Waals surface area contributed by atoms with E-state index >= 15 is 0 Å². The highest BCUT2D eigenvalue weighted by molar-refractivity contribution is 5.46. The molecule has 0 aliphatic rings. The van der Waals surface area contributed by atoms with Crippen LogP contribution in [0.3, 0.4) is 0 Å². The van der Waals surface area contributed by atoms with E-state index in [0.717, 1.165) is 18.1 Å². The van der Waals surface area contributed by atoms with Crippen molar-refractivity contribution in [2.24, 2.45) is 0 Å². The maximum absolute atomic E-state index is 4.79. The molecule has 0 fully saturated rings. The van der Waals surface area contributed by atoms with E-state index in [2.05, 4.69) is 90.6 Å². The smallest absolute Gasteiger partial charge is 0.225 e. The van der Waals surface area contributed by atoms with Gasteiger partial charge in [0, 0.05) is 30.9 Å². The first kappa shape index (κ1) is 18.9. The molecule has 0 saturated heterocycles. The van der Waals surface area contributed by atoms with Crippen LogP contribution in [0.25, 0.3) is 0 Å². The van der Waals surface area contributed by atoms with Gasteiger partial charge in [-0.3, -0.25) is 0 Å². The summed E-state index contributed by atoms with van der Waals surface area (Å²) < 4.78 is 0. The zero-order valence-corrected chi connectivity index (χ0v) is 16.6. The molecule has 0 aliphatic carbocycles. The Bertz CT molecular complexity index is 857. The van der Waals surface area contributed by atoms with Crippen LogP contribution < -0.4 is 10.2 Å². The highest BCUT2D eigenvalue weighted by Gasteiger charge is 2.14. The third-order valence-electron chi connectivity index (χ3n) is 4.53. The van der Waals surface area contributed by atoms with E-state index in [4.69, 9.17) is 4.98 Å². The Balaban J connectivity index is 1.78. The van der Waals surface area contributed by atoms with E-state index in [1.165, 1.54) is 16.7 Å². The third-order valence-corrected chi connectivity index (χ3v) is 4.53. The molecule has 3 rings (SSSR count). The first-order chi connectivity index (χ1) is 13.0. The molecule has 0 unspecified atom stereocenters. The Morgan fingerprint density at radius 2 is 1.59 bits per heavy atom. The summed E-state index contributed by atoms with van der Waals surface area (Å²) in [7, 11) is 0. The molecule has 4 heteroatoms. The van der Waals surface area contributed by atoms with Crippen molar-refractivity contribution in [2.75, 3.05) is 10.2 Å². The second kappa shape index (κ2) is 8.67. The van der Waals surface area contributed by atoms with Gasteiger partial charge in [0.2, 0.25) is 5.95 Å². The van der Waals surface area contributed by atoms with Crippen LogP contribution in [0.1, 0.15) is 36.2 Å². The molecule has 1 N–H and O–H groups in total. The largest absolute Gasteiger partial charge is 0.350 e. The summed E-state index contributed by atoms with van der Waals surface area (Å²) in [5, 5.41) is 3.37. The molecular formula is C23H28N4. The van der Waals surface area contributed by atoms with Gasteiger partial charge < -0.3 is 10.2 Å². The van der Waals surface area contributed by atoms with Crippen molar-refractivity contribution in [3.05, 3.63) is 83.0 Å². The molecule has 2 aromatic carbocycles. The van der Waals surface area contributed by atoms with Gasteiger partial charge in [0.15, 0.2) is 0 Å². The fourth-order valence-electron chi connectivity index (χ4n) is 2.97. The van der Waals surface area contributed by atoms with Crippen molar-refractivity contribution in [1.29, 1.82) is 0 Å². The summed E-state index contributed by atoms with van der Waals surface area (Å²) in [6, 6.07) is 21.4. The minimum absolute atomic E-state index is 0.337. The van der Waals surface area contributed by atoms with Gasteiger partial charge in [-0.25, -0.2) is 4.98 Å². The number of hydrogen-bond acceptors (Lipinski definition) is 4. The molecule has 1 heterocycles. The maximum atomic E-state index is 4.79. The lowest BCUT2D eigenvalue weighted by atomic mass is 10.1. The number of benzene rings is 2. The highest BCUT2D eigenvalue weighted by Crippen LogP contribution is 2.20. The number of nitrogens with one attached hydrogen (secondary N) is 1. The van der Waals surface area contributed by atoms with Crippen molar-refractivity contribution in [3.63, 3.8) is 0 Å². The molecule has 0 saturated carbocycles. The number of aryl methyl sites for hydroxylation is 2. The molecule has 27 heavy (non-hydrogen) atoms. The normalized spacial score (nSPS) is 10.9. The van der Waals surface area contributed by atoms with Crippen molar-refractivity contribution in [2.45, 2.75) is 46.8 Å². The fraction of sp³-hybridized carbons (Fsp3) is 0.304. The minimum Gasteiger partial charge on any atom is -0.350 e. The molecular weight excluding hydrogens is 332 g/mol. The lowest BCUT2D eigenvalue weighted by Crippen LogP contribution is -2.31. The van der Waals surface area contributed by atoms with Gasteiger partial charge in [0.05, 0.1) is 0 Å². The SMILES string of the molecule is Cc1ccc(CNc2nc(C)cc(N(Cc3ccccc3)C(C)C)n2)cc1. The van der Waals surface area contributed by atoms with E-state index in [-0.39, 0.29) is 0 Å². The monoisotopic (exact) mass is 360 g/mol. The molecule has 4 nitrogen and oxygen atoms in total. The van der Waals surface area contributed by atoms with Crippen LogP contribution >= 0.6 is 0 Å². The quantitative estimate of drug-likeness (QED) is 0.635. The number of rotatable bonds is 7. The second-order valence-corrected chi connectivity index (χ2v) is 7.24. The molecule has 0 spiro atoms. The topological polar surface area (TPSA) is 41.1 Å². The Kier molecular flexibility index (Phi) is 6.07. The summed E-state index contributed by atoms with van der Waals surface area (Å²) in [6.07, 6.45) is 0. The van der Waals surface area contributed by atoms with Gasteiger partial charge in [0.25, 0.3) is 0 Å². The zero-order chi connectivity index (χ0) is 19.2. The molecule has 140 valence electrons. The first-order valence-corrected chi connectivity index (χ1v) is 9.47. The molecule has 0 atom stereocenters. The molecule has 0 amide bonds. The van der Waals surface area contributed by atoms with E-state index in [0.29, 0.717) is 18.5 Å². The van der Waals surface area contributed by atoms with Crippen LogP contribution in [0.5, 0.6) is 0 Å². The lowest BCUT2D eigenvalue weighted by molar-refractivity contribution is 0.671. The van der Waals surface area contributed by atoms with Gasteiger partial charge in [-0.15, -0.1) is 0 Å². The molecule has 0 bridgehead atoms. The van der Waals surface area contributed by atoms with Crippen LogP contribution in [0.2, 0.25) is 0 Å². The van der Waals surface area contributed by atoms with Gasteiger partial charge >= 0.3 is 0 Å². The van der Waals surface area contributed by atoms with Gasteiger partial charge in [-0.05, 0) is 38.8 Å². The predicted octanol–water partition coefficient (Wildman–Crippen LogP) is 5.12. The second-order valence-electron chi connectivity index (χ2n) is 7.24. The Morgan fingerprint density at radius 1 is 0.889 bits per heavy atom. The summed E-state index contributed by atoms with van der Waals surface area (Å²) in [4.78, 5) is 11.7. The maximum Gasteiger partial charge on any atom is 0.225 e. The molecule has 1 aromatic heterocycles. The van der Waals surface area contributed by atoms with Crippen LogP contribution in [-0.4, -0.2) is 16.0 Å².